The molecule has 1 aromatic rings. The summed E-state index contributed by atoms with van der Waals surface area (Å²) in [5.41, 5.74) is 0. The number of hydrogen-bond donors (Lipinski definition) is 3. The van der Waals surface area contributed by atoms with Crippen molar-refractivity contribution in [1.29, 1.82) is 0 Å². The molecule has 0 aliphatic heterocycles. The first-order valence-corrected chi connectivity index (χ1v) is 4.51. The summed E-state index contributed by atoms with van der Waals surface area (Å²) in [6.07, 6.45) is 2.75. The molecule has 8 heteroatoms. The average Bonchev–Trinajstić information content (AvgIpc) is 2.27. The first kappa shape index (κ1) is 11.8. The van der Waals surface area contributed by atoms with Crippen LogP contribution < -0.4 is 10.6 Å². The van der Waals surface area contributed by atoms with Crippen molar-refractivity contribution < 1.29 is 14.7 Å². The van der Waals surface area contributed by atoms with Gasteiger partial charge < -0.3 is 10.4 Å². The summed E-state index contributed by atoms with van der Waals surface area (Å²) in [4.78, 5) is 25.4. The molecule has 0 aliphatic rings. The van der Waals surface area contributed by atoms with E-state index in [1.807, 2.05) is 0 Å². The first-order chi connectivity index (χ1) is 7.59. The normalized spacial score (nSPS) is 11.6. The fraction of sp³-hybridized carbons (Fsp3) is 0.375. The number of anilines is 1. The molecule has 1 atom stereocenters. The van der Waals surface area contributed by atoms with Crippen LogP contribution >= 0.6 is 0 Å². The number of nitrogens with zero attached hydrogens (tertiary/aromatic N) is 3. The fourth-order valence-electron chi connectivity index (χ4n) is 0.784. The van der Waals surface area contributed by atoms with Crippen molar-refractivity contribution in [2.45, 2.75) is 6.92 Å². The van der Waals surface area contributed by atoms with Gasteiger partial charge in [0.05, 0.1) is 18.3 Å². The lowest BCUT2D eigenvalue weighted by atomic mass is 10.2. The second-order valence-corrected chi connectivity index (χ2v) is 3.04. The summed E-state index contributed by atoms with van der Waals surface area (Å²) in [5.74, 6) is -1.57. The van der Waals surface area contributed by atoms with Gasteiger partial charge in [-0.2, -0.15) is 5.10 Å². The van der Waals surface area contributed by atoms with Gasteiger partial charge in [-0.15, -0.1) is 5.10 Å². The Labute approximate surface area is 91.1 Å². The standard InChI is InChI=1S/C8H11N5O3/c1-5(6(14)15)4-10-8(16)12-7-9-2-3-11-13-7/h2-3,5H,4H2,1H3,(H,14,15)(H2,9,10,12,13,16). The summed E-state index contributed by atoms with van der Waals surface area (Å²) in [5, 5.41) is 20.3. The fourth-order valence-corrected chi connectivity index (χ4v) is 0.784. The summed E-state index contributed by atoms with van der Waals surface area (Å²) < 4.78 is 0. The molecular weight excluding hydrogens is 214 g/mol. The van der Waals surface area contributed by atoms with Gasteiger partial charge in [0.1, 0.15) is 0 Å². The Morgan fingerprint density at radius 3 is 2.81 bits per heavy atom. The molecule has 0 bridgehead atoms. The molecule has 16 heavy (non-hydrogen) atoms. The minimum absolute atomic E-state index is 0.0292. The van der Waals surface area contributed by atoms with Crippen molar-refractivity contribution in [1.82, 2.24) is 20.5 Å². The molecule has 8 nitrogen and oxygen atoms in total. The molecule has 2 amide bonds. The number of rotatable bonds is 4. The Kier molecular flexibility index (Phi) is 4.13. The van der Waals surface area contributed by atoms with Gasteiger partial charge in [-0.1, -0.05) is 6.92 Å². The van der Waals surface area contributed by atoms with Crippen LogP contribution in [0.2, 0.25) is 0 Å². The third kappa shape index (κ3) is 3.86. The van der Waals surface area contributed by atoms with Gasteiger partial charge in [0.2, 0.25) is 0 Å². The number of carboxylic acid groups (broad SMARTS) is 1. The molecule has 86 valence electrons. The first-order valence-electron chi connectivity index (χ1n) is 4.51. The zero-order valence-corrected chi connectivity index (χ0v) is 8.54. The van der Waals surface area contributed by atoms with Crippen LogP contribution in [0.5, 0.6) is 0 Å². The zero-order valence-electron chi connectivity index (χ0n) is 8.54. The Morgan fingerprint density at radius 2 is 2.25 bits per heavy atom. The maximum absolute atomic E-state index is 11.2. The van der Waals surface area contributed by atoms with Crippen LogP contribution in [0.3, 0.4) is 0 Å². The topological polar surface area (TPSA) is 117 Å². The Morgan fingerprint density at radius 1 is 1.50 bits per heavy atom. The van der Waals surface area contributed by atoms with E-state index in [9.17, 15) is 9.59 Å². The lowest BCUT2D eigenvalue weighted by Crippen LogP contribution is -2.35. The van der Waals surface area contributed by atoms with Crippen LogP contribution in [0.1, 0.15) is 6.92 Å². The average molecular weight is 225 g/mol. The largest absolute Gasteiger partial charge is 0.481 e. The number of hydrogen-bond acceptors (Lipinski definition) is 5. The molecule has 0 fully saturated rings. The van der Waals surface area contributed by atoms with Gasteiger partial charge in [-0.05, 0) is 0 Å². The molecular formula is C8H11N5O3. The smallest absolute Gasteiger partial charge is 0.321 e. The van der Waals surface area contributed by atoms with Crippen LogP contribution in [0.4, 0.5) is 10.7 Å². The molecule has 1 unspecified atom stereocenters. The Hall–Kier alpha value is -2.25. The molecule has 1 aromatic heterocycles. The Bertz CT molecular complexity index is 369. The number of aromatic nitrogens is 3. The van der Waals surface area contributed by atoms with Crippen molar-refractivity contribution in [3.05, 3.63) is 12.4 Å². The monoisotopic (exact) mass is 225 g/mol. The van der Waals surface area contributed by atoms with E-state index in [2.05, 4.69) is 25.8 Å². The van der Waals surface area contributed by atoms with Gasteiger partial charge in [0.25, 0.3) is 5.95 Å². The summed E-state index contributed by atoms with van der Waals surface area (Å²) in [6, 6.07) is -0.568. The van der Waals surface area contributed by atoms with Crippen molar-refractivity contribution in [2.24, 2.45) is 5.92 Å². The number of carbonyl (C=O) groups is 2. The Balaban J connectivity index is 2.35. The molecule has 0 spiro atoms. The van der Waals surface area contributed by atoms with Crippen molar-refractivity contribution in [2.75, 3.05) is 11.9 Å². The molecule has 0 radical (unpaired) electrons. The van der Waals surface area contributed by atoms with E-state index < -0.39 is 17.9 Å². The van der Waals surface area contributed by atoms with E-state index >= 15 is 0 Å². The van der Waals surface area contributed by atoms with Crippen LogP contribution in [0.15, 0.2) is 12.4 Å². The van der Waals surface area contributed by atoms with Crippen LogP contribution in [-0.4, -0.2) is 38.8 Å². The predicted octanol–water partition coefficient (Wildman–Crippen LogP) is -0.286. The number of carboxylic acids is 1. The molecule has 0 aliphatic carbocycles. The highest BCUT2D eigenvalue weighted by Gasteiger charge is 2.12. The van der Waals surface area contributed by atoms with Crippen molar-refractivity contribution in [3.8, 4) is 0 Å². The molecule has 3 N–H and O–H groups in total. The van der Waals surface area contributed by atoms with Crippen LogP contribution in [0.25, 0.3) is 0 Å². The molecule has 0 aromatic carbocycles. The quantitative estimate of drug-likeness (QED) is 0.648. The lowest BCUT2D eigenvalue weighted by Gasteiger charge is -2.08. The number of amides is 2. The summed E-state index contributed by atoms with van der Waals surface area (Å²) in [7, 11) is 0. The third-order valence-electron chi connectivity index (χ3n) is 1.70. The number of aliphatic carboxylic acids is 1. The maximum Gasteiger partial charge on any atom is 0.321 e. The summed E-state index contributed by atoms with van der Waals surface area (Å²) >= 11 is 0. The molecule has 0 saturated carbocycles. The van der Waals surface area contributed by atoms with Crippen molar-refractivity contribution in [3.63, 3.8) is 0 Å². The number of nitrogens with one attached hydrogen (secondary N) is 2. The highest BCUT2D eigenvalue weighted by Crippen LogP contribution is 1.93. The summed E-state index contributed by atoms with van der Waals surface area (Å²) in [6.45, 7) is 1.52. The molecule has 1 rings (SSSR count). The van der Waals surface area contributed by atoms with E-state index in [0.717, 1.165) is 0 Å². The molecule has 0 saturated heterocycles. The second kappa shape index (κ2) is 5.59. The van der Waals surface area contributed by atoms with Gasteiger partial charge in [-0.25, -0.2) is 9.78 Å². The minimum Gasteiger partial charge on any atom is -0.481 e. The lowest BCUT2D eigenvalue weighted by molar-refractivity contribution is -0.140. The van der Waals surface area contributed by atoms with E-state index in [0.29, 0.717) is 0 Å². The maximum atomic E-state index is 11.2. The zero-order chi connectivity index (χ0) is 12.0. The van der Waals surface area contributed by atoms with Crippen LogP contribution in [-0.2, 0) is 4.79 Å². The third-order valence-corrected chi connectivity index (χ3v) is 1.70. The van der Waals surface area contributed by atoms with E-state index in [1.165, 1.54) is 19.3 Å². The molecule has 1 heterocycles. The van der Waals surface area contributed by atoms with Gasteiger partial charge in [0, 0.05) is 6.54 Å². The minimum atomic E-state index is -0.974. The number of urea groups is 1. The van der Waals surface area contributed by atoms with Gasteiger partial charge >= 0.3 is 12.0 Å². The SMILES string of the molecule is CC(CNC(=O)Nc1nccnn1)C(=O)O. The van der Waals surface area contributed by atoms with E-state index in [-0.39, 0.29) is 12.5 Å². The van der Waals surface area contributed by atoms with Crippen molar-refractivity contribution >= 4 is 17.9 Å². The highest BCUT2D eigenvalue weighted by atomic mass is 16.4. The highest BCUT2D eigenvalue weighted by molar-refractivity contribution is 5.87. The van der Waals surface area contributed by atoms with Gasteiger partial charge in [0.15, 0.2) is 0 Å². The van der Waals surface area contributed by atoms with Crippen LogP contribution in [0, 0.1) is 5.92 Å². The second-order valence-electron chi connectivity index (χ2n) is 3.04. The van der Waals surface area contributed by atoms with Gasteiger partial charge in [-0.3, -0.25) is 10.1 Å². The number of carbonyl (C=O) groups excluding carboxylic acids is 1. The van der Waals surface area contributed by atoms with E-state index in [4.69, 9.17) is 5.11 Å². The van der Waals surface area contributed by atoms with E-state index in [1.54, 1.807) is 0 Å². The predicted molar refractivity (Wildman–Crippen MR) is 53.6 cm³/mol.